The second kappa shape index (κ2) is 7.47. The summed E-state index contributed by atoms with van der Waals surface area (Å²) in [5, 5.41) is 0. The second-order valence-corrected chi connectivity index (χ2v) is 3.94. The summed E-state index contributed by atoms with van der Waals surface area (Å²) in [5.41, 5.74) is -0.0622. The van der Waals surface area contributed by atoms with Gasteiger partial charge in [0.25, 0.3) is 6.17 Å². The zero-order valence-electron chi connectivity index (χ0n) is 11.6. The number of ketones is 1. The van der Waals surface area contributed by atoms with E-state index in [4.69, 9.17) is 9.47 Å². The molecule has 0 bridgehead atoms. The lowest BCUT2D eigenvalue weighted by atomic mass is 10.1. The van der Waals surface area contributed by atoms with Crippen molar-refractivity contribution in [2.24, 2.45) is 0 Å². The quantitative estimate of drug-likeness (QED) is 0.436. The summed E-state index contributed by atoms with van der Waals surface area (Å²) >= 11 is 0. The maximum atomic E-state index is 13.8. The van der Waals surface area contributed by atoms with Gasteiger partial charge in [-0.2, -0.15) is 0 Å². The van der Waals surface area contributed by atoms with Crippen molar-refractivity contribution < 1.29 is 28.2 Å². The van der Waals surface area contributed by atoms with Crippen molar-refractivity contribution in [3.63, 3.8) is 0 Å². The van der Waals surface area contributed by atoms with Crippen LogP contribution in [0.3, 0.4) is 0 Å². The van der Waals surface area contributed by atoms with Gasteiger partial charge in [-0.3, -0.25) is 4.79 Å². The molecule has 1 aromatic rings. The number of hydrogen-bond donors (Lipinski definition) is 0. The van der Waals surface area contributed by atoms with Crippen molar-refractivity contribution in [3.8, 4) is 11.5 Å². The Labute approximate surface area is 116 Å². The van der Waals surface area contributed by atoms with Gasteiger partial charge in [0, 0.05) is 0 Å². The van der Waals surface area contributed by atoms with Gasteiger partial charge in [-0.15, -0.1) is 0 Å². The van der Waals surface area contributed by atoms with E-state index in [-0.39, 0.29) is 23.7 Å². The standard InChI is InChI=1S/C14H17FO5/c1-4-8-20-14(17)11(15)12(16)9-6-5-7-10(18-2)13(9)19-3/h5-7,11H,4,8H2,1-3H3. The number of carbonyl (C=O) groups is 2. The normalized spacial score (nSPS) is 11.6. The van der Waals surface area contributed by atoms with Crippen LogP contribution in [0.4, 0.5) is 4.39 Å². The fourth-order valence-corrected chi connectivity index (χ4v) is 1.60. The Balaban J connectivity index is 2.99. The molecule has 1 rings (SSSR count). The second-order valence-electron chi connectivity index (χ2n) is 3.94. The molecule has 1 aromatic carbocycles. The van der Waals surface area contributed by atoms with Gasteiger partial charge in [-0.25, -0.2) is 9.18 Å². The Morgan fingerprint density at radius 2 is 1.95 bits per heavy atom. The lowest BCUT2D eigenvalue weighted by Gasteiger charge is -2.13. The van der Waals surface area contributed by atoms with Crippen LogP contribution in [0.5, 0.6) is 11.5 Å². The maximum Gasteiger partial charge on any atom is 0.349 e. The number of rotatable bonds is 7. The van der Waals surface area contributed by atoms with E-state index in [1.54, 1.807) is 13.0 Å². The minimum absolute atomic E-state index is 0.0622. The molecule has 110 valence electrons. The molecule has 0 aromatic heterocycles. The van der Waals surface area contributed by atoms with E-state index < -0.39 is 17.9 Å². The molecule has 20 heavy (non-hydrogen) atoms. The Kier molecular flexibility index (Phi) is 5.96. The molecule has 0 aliphatic rings. The van der Waals surface area contributed by atoms with Crippen LogP contribution in [0.25, 0.3) is 0 Å². The molecule has 0 aliphatic carbocycles. The summed E-state index contributed by atoms with van der Waals surface area (Å²) in [4.78, 5) is 23.4. The highest BCUT2D eigenvalue weighted by atomic mass is 19.1. The van der Waals surface area contributed by atoms with E-state index in [0.29, 0.717) is 6.42 Å². The van der Waals surface area contributed by atoms with Crippen LogP contribution in [-0.2, 0) is 9.53 Å². The van der Waals surface area contributed by atoms with Gasteiger partial charge in [0.1, 0.15) is 0 Å². The van der Waals surface area contributed by atoms with Gasteiger partial charge >= 0.3 is 5.97 Å². The molecule has 0 heterocycles. The van der Waals surface area contributed by atoms with Crippen LogP contribution in [0.15, 0.2) is 18.2 Å². The van der Waals surface area contributed by atoms with E-state index in [9.17, 15) is 14.0 Å². The molecule has 0 amide bonds. The average molecular weight is 284 g/mol. The minimum Gasteiger partial charge on any atom is -0.493 e. The minimum atomic E-state index is -2.37. The molecule has 1 atom stereocenters. The fourth-order valence-electron chi connectivity index (χ4n) is 1.60. The van der Waals surface area contributed by atoms with E-state index in [0.717, 1.165) is 0 Å². The summed E-state index contributed by atoms with van der Waals surface area (Å²) in [6.45, 7) is 1.84. The molecule has 0 spiro atoms. The van der Waals surface area contributed by atoms with Gasteiger partial charge in [-0.05, 0) is 18.6 Å². The Morgan fingerprint density at radius 1 is 1.25 bits per heavy atom. The highest BCUT2D eigenvalue weighted by molar-refractivity contribution is 6.12. The van der Waals surface area contributed by atoms with Crippen LogP contribution in [0.2, 0.25) is 0 Å². The first-order valence-electron chi connectivity index (χ1n) is 6.12. The van der Waals surface area contributed by atoms with Gasteiger partial charge in [0.15, 0.2) is 11.5 Å². The van der Waals surface area contributed by atoms with E-state index in [1.165, 1.54) is 26.4 Å². The number of ether oxygens (including phenoxy) is 3. The summed E-state index contributed by atoms with van der Waals surface area (Å²) in [7, 11) is 2.73. The van der Waals surface area contributed by atoms with Gasteiger partial charge in [-0.1, -0.05) is 13.0 Å². The molecule has 5 nitrogen and oxygen atoms in total. The molecule has 1 unspecified atom stereocenters. The maximum absolute atomic E-state index is 13.8. The number of para-hydroxylation sites is 1. The SMILES string of the molecule is CCCOC(=O)C(F)C(=O)c1cccc(OC)c1OC. The van der Waals surface area contributed by atoms with Crippen molar-refractivity contribution >= 4 is 11.8 Å². The van der Waals surface area contributed by atoms with Crippen molar-refractivity contribution in [2.45, 2.75) is 19.5 Å². The smallest absolute Gasteiger partial charge is 0.349 e. The number of benzene rings is 1. The molecule has 6 heteroatoms. The van der Waals surface area contributed by atoms with Crippen LogP contribution in [-0.4, -0.2) is 38.8 Å². The van der Waals surface area contributed by atoms with Crippen LogP contribution in [0.1, 0.15) is 23.7 Å². The Bertz CT molecular complexity index is 486. The summed E-state index contributed by atoms with van der Waals surface area (Å²) in [6.07, 6.45) is -1.82. The fraction of sp³-hybridized carbons (Fsp3) is 0.429. The van der Waals surface area contributed by atoms with E-state index in [1.807, 2.05) is 0 Å². The number of halogens is 1. The highest BCUT2D eigenvalue weighted by Gasteiger charge is 2.31. The van der Waals surface area contributed by atoms with Crippen LogP contribution < -0.4 is 9.47 Å². The van der Waals surface area contributed by atoms with Crippen molar-refractivity contribution in [2.75, 3.05) is 20.8 Å². The zero-order chi connectivity index (χ0) is 15.1. The Morgan fingerprint density at radius 3 is 2.50 bits per heavy atom. The van der Waals surface area contributed by atoms with Gasteiger partial charge < -0.3 is 14.2 Å². The molecule has 0 radical (unpaired) electrons. The predicted octanol–water partition coefficient (Wildman–Crippen LogP) is 2.18. The molecule has 0 aliphatic heterocycles. The third kappa shape index (κ3) is 3.46. The van der Waals surface area contributed by atoms with Crippen LogP contribution in [0, 0.1) is 0 Å². The van der Waals surface area contributed by atoms with Crippen molar-refractivity contribution in [1.82, 2.24) is 0 Å². The molecule has 0 saturated heterocycles. The number of Topliss-reactive ketones (excluding diaryl/α,β-unsaturated/α-hetero) is 1. The number of carbonyl (C=O) groups excluding carboxylic acids is 2. The van der Waals surface area contributed by atoms with Crippen molar-refractivity contribution in [3.05, 3.63) is 23.8 Å². The first kappa shape index (κ1) is 15.9. The van der Waals surface area contributed by atoms with Gasteiger partial charge in [0.2, 0.25) is 5.78 Å². The average Bonchev–Trinajstić information content (AvgIpc) is 2.49. The predicted molar refractivity (Wildman–Crippen MR) is 70.0 cm³/mol. The lowest BCUT2D eigenvalue weighted by Crippen LogP contribution is -2.28. The summed E-state index contributed by atoms with van der Waals surface area (Å²) in [6, 6.07) is 4.44. The number of methoxy groups -OCH3 is 2. The first-order chi connectivity index (χ1) is 9.56. The number of hydrogen-bond acceptors (Lipinski definition) is 5. The molecular weight excluding hydrogens is 267 g/mol. The third-order valence-corrected chi connectivity index (χ3v) is 2.55. The number of esters is 1. The number of alkyl halides is 1. The molecule has 0 saturated carbocycles. The van der Waals surface area contributed by atoms with E-state index in [2.05, 4.69) is 4.74 Å². The molecule has 0 N–H and O–H groups in total. The topological polar surface area (TPSA) is 61.8 Å². The molecule has 0 fully saturated rings. The third-order valence-electron chi connectivity index (χ3n) is 2.55. The largest absolute Gasteiger partial charge is 0.493 e. The summed E-state index contributed by atoms with van der Waals surface area (Å²) in [5.74, 6) is -1.83. The van der Waals surface area contributed by atoms with Crippen LogP contribution >= 0.6 is 0 Å². The lowest BCUT2D eigenvalue weighted by molar-refractivity contribution is -0.147. The monoisotopic (exact) mass is 284 g/mol. The summed E-state index contributed by atoms with van der Waals surface area (Å²) < 4.78 is 28.5. The zero-order valence-corrected chi connectivity index (χ0v) is 11.6. The highest BCUT2D eigenvalue weighted by Crippen LogP contribution is 2.31. The first-order valence-corrected chi connectivity index (χ1v) is 6.12. The van der Waals surface area contributed by atoms with Gasteiger partial charge in [0.05, 0.1) is 26.4 Å². The van der Waals surface area contributed by atoms with E-state index >= 15 is 0 Å². The van der Waals surface area contributed by atoms with Crippen molar-refractivity contribution in [1.29, 1.82) is 0 Å². The Hall–Kier alpha value is -2.11. The molecular formula is C14H17FO5.